The molecule has 0 spiro atoms. The molecule has 0 bridgehead atoms. The smallest absolute Gasteiger partial charge is 0.366 e. The molecule has 3 aromatic heterocycles. The second kappa shape index (κ2) is 9.66. The molecule has 0 fully saturated rings. The number of hydrogen-bond donors (Lipinski definition) is 2. The van der Waals surface area contributed by atoms with E-state index in [1.165, 1.54) is 24.4 Å². The maximum atomic E-state index is 13.3. The van der Waals surface area contributed by atoms with Gasteiger partial charge in [-0.15, -0.1) is 5.10 Å². The lowest BCUT2D eigenvalue weighted by molar-refractivity contribution is -0.147. The van der Waals surface area contributed by atoms with Crippen LogP contribution in [0.1, 0.15) is 37.9 Å². The first-order chi connectivity index (χ1) is 17.0. The Morgan fingerprint density at radius 1 is 1.25 bits per heavy atom. The number of nitrogens with zero attached hydrogens (tertiary/aromatic N) is 7. The second-order valence-corrected chi connectivity index (χ2v) is 8.65. The highest BCUT2D eigenvalue weighted by atomic mass is 79.9. The highest BCUT2D eigenvalue weighted by Crippen LogP contribution is 2.29. The van der Waals surface area contributed by atoms with Crippen LogP contribution in [0.4, 0.5) is 18.9 Å². The number of amides is 2. The highest BCUT2D eigenvalue weighted by molar-refractivity contribution is 9.10. The van der Waals surface area contributed by atoms with Crippen molar-refractivity contribution in [3.8, 4) is 5.82 Å². The number of nitrogens with one attached hydrogen (secondary N) is 1. The minimum atomic E-state index is -4.80. The summed E-state index contributed by atoms with van der Waals surface area (Å²) in [7, 11) is 0. The Hall–Kier alpha value is -3.85. The van der Waals surface area contributed by atoms with Crippen molar-refractivity contribution in [2.45, 2.75) is 19.6 Å². The maximum absolute atomic E-state index is 13.3. The van der Waals surface area contributed by atoms with E-state index in [0.29, 0.717) is 14.7 Å². The third-order valence-corrected chi connectivity index (χ3v) is 5.67. The lowest BCUT2D eigenvalue weighted by Crippen LogP contribution is -2.21. The van der Waals surface area contributed by atoms with Gasteiger partial charge in [0, 0.05) is 11.2 Å². The molecule has 0 saturated heterocycles. The van der Waals surface area contributed by atoms with Gasteiger partial charge in [-0.05, 0) is 69.2 Å². The van der Waals surface area contributed by atoms with Crippen LogP contribution < -0.4 is 11.1 Å². The zero-order chi connectivity index (χ0) is 26.2. The van der Waals surface area contributed by atoms with E-state index in [4.69, 9.17) is 17.3 Å². The van der Waals surface area contributed by atoms with E-state index in [2.05, 4.69) is 46.9 Å². The molecule has 1 aromatic carbocycles. The summed E-state index contributed by atoms with van der Waals surface area (Å²) in [6, 6.07) is 7.36. The van der Waals surface area contributed by atoms with Gasteiger partial charge in [-0.3, -0.25) is 9.59 Å². The van der Waals surface area contributed by atoms with Crippen LogP contribution in [0.25, 0.3) is 5.82 Å². The fraction of sp³-hybridized carbons (Fsp3) is 0.150. The van der Waals surface area contributed by atoms with Crippen molar-refractivity contribution < 1.29 is 22.8 Å². The fourth-order valence-electron chi connectivity index (χ4n) is 3.31. The van der Waals surface area contributed by atoms with E-state index < -0.39 is 30.4 Å². The van der Waals surface area contributed by atoms with E-state index in [9.17, 15) is 22.8 Å². The van der Waals surface area contributed by atoms with Gasteiger partial charge in [-0.1, -0.05) is 11.6 Å². The van der Waals surface area contributed by atoms with Gasteiger partial charge in [-0.25, -0.2) is 14.3 Å². The van der Waals surface area contributed by atoms with Crippen molar-refractivity contribution in [1.82, 2.24) is 35.0 Å². The SMILES string of the molecule is Cc1cc(Cl)cc(C(N)=O)c1NC(=O)c1cc(Cn2nnnc2C(F)(F)F)nn1-c1ncccc1Br. The summed E-state index contributed by atoms with van der Waals surface area (Å²) < 4.78 is 41.7. The number of alkyl halides is 3. The molecule has 0 unspecified atom stereocenters. The van der Waals surface area contributed by atoms with Crippen molar-refractivity contribution in [3.05, 3.63) is 74.4 Å². The first kappa shape index (κ1) is 25.2. The predicted octanol–water partition coefficient (Wildman–Crippen LogP) is 3.40. The van der Waals surface area contributed by atoms with Crippen LogP contribution in [0, 0.1) is 6.92 Å². The summed E-state index contributed by atoms with van der Waals surface area (Å²) in [6.07, 6.45) is -3.35. The summed E-state index contributed by atoms with van der Waals surface area (Å²) in [5.41, 5.74) is 5.91. The van der Waals surface area contributed by atoms with Gasteiger partial charge in [0.05, 0.1) is 28.0 Å². The van der Waals surface area contributed by atoms with Crippen molar-refractivity contribution >= 4 is 45.0 Å². The first-order valence-electron chi connectivity index (χ1n) is 9.90. The number of hydrogen-bond acceptors (Lipinski definition) is 7. The molecular weight excluding hydrogens is 571 g/mol. The zero-order valence-corrected chi connectivity index (χ0v) is 20.4. The van der Waals surface area contributed by atoms with E-state index in [0.717, 1.165) is 4.68 Å². The molecule has 0 aliphatic heterocycles. The van der Waals surface area contributed by atoms with Crippen LogP contribution in [-0.4, -0.2) is 46.8 Å². The fourth-order valence-corrected chi connectivity index (χ4v) is 4.01. The first-order valence-corrected chi connectivity index (χ1v) is 11.1. The standard InChI is InChI=1S/C20H14BrClF3N9O2/c1-9-5-10(22)6-12(16(26)35)15(9)28-18(36)14-7-11(8-33-19(20(23,24)25)29-31-32-33)30-34(14)17-13(21)3-2-4-27-17/h2-7H,8H2,1H3,(H2,26,35)(H,28,36). The molecular formula is C20H14BrClF3N9O2. The van der Waals surface area contributed by atoms with Gasteiger partial charge >= 0.3 is 6.18 Å². The van der Waals surface area contributed by atoms with Crippen LogP contribution in [0.5, 0.6) is 0 Å². The van der Waals surface area contributed by atoms with E-state index >= 15 is 0 Å². The molecule has 2 amide bonds. The maximum Gasteiger partial charge on any atom is 0.453 e. The number of aromatic nitrogens is 7. The molecule has 0 aliphatic rings. The molecule has 186 valence electrons. The summed E-state index contributed by atoms with van der Waals surface area (Å²) in [4.78, 5) is 29.5. The highest BCUT2D eigenvalue weighted by Gasteiger charge is 2.38. The third kappa shape index (κ3) is 5.06. The number of carbonyl (C=O) groups is 2. The molecule has 0 radical (unpaired) electrons. The monoisotopic (exact) mass is 583 g/mol. The Morgan fingerprint density at radius 2 is 2.00 bits per heavy atom. The van der Waals surface area contributed by atoms with Crippen molar-refractivity contribution in [1.29, 1.82) is 0 Å². The molecule has 4 rings (SSSR count). The van der Waals surface area contributed by atoms with E-state index in [-0.39, 0.29) is 33.5 Å². The molecule has 3 heterocycles. The molecule has 0 aliphatic carbocycles. The number of benzene rings is 1. The van der Waals surface area contributed by atoms with Crippen LogP contribution in [0.15, 0.2) is 41.0 Å². The summed E-state index contributed by atoms with van der Waals surface area (Å²) >= 11 is 9.34. The molecule has 11 nitrogen and oxygen atoms in total. The number of halogens is 5. The number of anilines is 1. The normalized spacial score (nSPS) is 11.5. The predicted molar refractivity (Wildman–Crippen MR) is 124 cm³/mol. The number of aryl methyl sites for hydroxylation is 1. The van der Waals surface area contributed by atoms with Crippen LogP contribution in [0.3, 0.4) is 0 Å². The third-order valence-electron chi connectivity index (χ3n) is 4.83. The number of pyridine rings is 1. The minimum Gasteiger partial charge on any atom is -0.366 e. The molecule has 0 atom stereocenters. The van der Waals surface area contributed by atoms with Crippen molar-refractivity contribution in [3.63, 3.8) is 0 Å². The molecule has 16 heteroatoms. The van der Waals surface area contributed by atoms with Gasteiger partial charge < -0.3 is 11.1 Å². The van der Waals surface area contributed by atoms with E-state index in [1.807, 2.05) is 0 Å². The van der Waals surface area contributed by atoms with Crippen LogP contribution in [0.2, 0.25) is 5.02 Å². The lowest BCUT2D eigenvalue weighted by Gasteiger charge is -2.13. The second-order valence-electron chi connectivity index (χ2n) is 7.36. The number of tetrazole rings is 1. The quantitative estimate of drug-likeness (QED) is 0.353. The summed E-state index contributed by atoms with van der Waals surface area (Å²) in [5, 5.41) is 16.6. The number of carbonyl (C=O) groups excluding carboxylic acids is 2. The van der Waals surface area contributed by atoms with Gasteiger partial charge in [0.1, 0.15) is 5.69 Å². The number of nitrogens with two attached hydrogens (primary N) is 1. The van der Waals surface area contributed by atoms with Crippen molar-refractivity contribution in [2.75, 3.05) is 5.32 Å². The van der Waals surface area contributed by atoms with Gasteiger partial charge in [-0.2, -0.15) is 18.3 Å². The average Bonchev–Trinajstić information content (AvgIpc) is 3.43. The Labute approximate surface area is 213 Å². The largest absolute Gasteiger partial charge is 0.453 e. The Kier molecular flexibility index (Phi) is 6.77. The summed E-state index contributed by atoms with van der Waals surface area (Å²) in [5.74, 6) is -2.71. The van der Waals surface area contributed by atoms with Gasteiger partial charge in [0.25, 0.3) is 17.6 Å². The number of rotatable bonds is 6. The van der Waals surface area contributed by atoms with Crippen LogP contribution >= 0.6 is 27.5 Å². The van der Waals surface area contributed by atoms with Gasteiger partial charge in [0.2, 0.25) is 0 Å². The Balaban J connectivity index is 1.78. The molecule has 0 saturated carbocycles. The zero-order valence-electron chi connectivity index (χ0n) is 18.1. The van der Waals surface area contributed by atoms with E-state index in [1.54, 1.807) is 19.1 Å². The Bertz CT molecular complexity index is 1490. The topological polar surface area (TPSA) is 146 Å². The van der Waals surface area contributed by atoms with Gasteiger partial charge in [0.15, 0.2) is 5.82 Å². The molecule has 3 N–H and O–H groups in total. The Morgan fingerprint density at radius 3 is 2.67 bits per heavy atom. The summed E-state index contributed by atoms with van der Waals surface area (Å²) in [6.45, 7) is 1.12. The lowest BCUT2D eigenvalue weighted by atomic mass is 10.1. The number of primary amides is 1. The molecule has 36 heavy (non-hydrogen) atoms. The molecule has 4 aromatic rings. The van der Waals surface area contributed by atoms with Crippen LogP contribution in [-0.2, 0) is 12.7 Å². The average molecular weight is 585 g/mol. The minimum absolute atomic E-state index is 0.0258. The van der Waals surface area contributed by atoms with Crippen molar-refractivity contribution in [2.24, 2.45) is 5.73 Å².